The zero-order valence-electron chi connectivity index (χ0n) is 14.4. The predicted octanol–water partition coefficient (Wildman–Crippen LogP) is 3.42. The molecule has 5 nitrogen and oxygen atoms in total. The molecule has 0 aliphatic carbocycles. The number of likely N-dealkylation sites (N-methyl/N-ethyl adjacent to an activating group) is 1. The number of ether oxygens (including phenoxy) is 2. The van der Waals surface area contributed by atoms with E-state index in [1.54, 1.807) is 32.2 Å². The molecule has 1 atom stereocenters. The van der Waals surface area contributed by atoms with Crippen LogP contribution in [0.3, 0.4) is 0 Å². The van der Waals surface area contributed by atoms with Gasteiger partial charge in [-0.25, -0.2) is 4.79 Å². The van der Waals surface area contributed by atoms with Gasteiger partial charge in [-0.3, -0.25) is 0 Å². The van der Waals surface area contributed by atoms with Gasteiger partial charge in [-0.1, -0.05) is 36.4 Å². The summed E-state index contributed by atoms with van der Waals surface area (Å²) in [5.74, 6) is 0.702. The molecular weight excluding hydrogens is 304 g/mol. The van der Waals surface area contributed by atoms with Crippen molar-refractivity contribution in [3.05, 3.63) is 60.2 Å². The highest BCUT2D eigenvalue weighted by Gasteiger charge is 2.20. The average molecular weight is 328 g/mol. The monoisotopic (exact) mass is 328 g/mol. The maximum Gasteiger partial charge on any atom is 0.321 e. The minimum Gasteiger partial charge on any atom is -0.497 e. The molecule has 2 amide bonds. The lowest BCUT2D eigenvalue weighted by Crippen LogP contribution is -2.43. The normalized spacial score (nSPS) is 11.6. The van der Waals surface area contributed by atoms with Crippen molar-refractivity contribution in [2.75, 3.05) is 33.2 Å². The van der Waals surface area contributed by atoms with E-state index in [-0.39, 0.29) is 12.1 Å². The molecule has 0 spiro atoms. The Kier molecular flexibility index (Phi) is 6.63. The molecule has 0 unspecified atom stereocenters. The average Bonchev–Trinajstić information content (AvgIpc) is 2.61. The third-order valence-electron chi connectivity index (χ3n) is 3.86. The molecule has 0 heterocycles. The van der Waals surface area contributed by atoms with Gasteiger partial charge in [0.1, 0.15) is 5.75 Å². The molecule has 5 heteroatoms. The van der Waals surface area contributed by atoms with E-state index in [9.17, 15) is 4.79 Å². The van der Waals surface area contributed by atoms with Gasteiger partial charge in [-0.2, -0.15) is 0 Å². The maximum atomic E-state index is 12.5. The van der Waals surface area contributed by atoms with Crippen LogP contribution in [0.15, 0.2) is 54.6 Å². The first kappa shape index (κ1) is 17.8. The lowest BCUT2D eigenvalue weighted by Gasteiger charge is -2.28. The topological polar surface area (TPSA) is 50.8 Å². The van der Waals surface area contributed by atoms with E-state index in [0.717, 1.165) is 6.42 Å². The smallest absolute Gasteiger partial charge is 0.321 e. The first-order valence-electron chi connectivity index (χ1n) is 7.84. The number of amides is 2. The number of hydrogen-bond donors (Lipinski definition) is 1. The number of anilines is 1. The molecule has 0 saturated heterocycles. The first-order chi connectivity index (χ1) is 11.6. The van der Waals surface area contributed by atoms with Gasteiger partial charge in [0, 0.05) is 25.9 Å². The number of nitrogens with zero attached hydrogens (tertiary/aromatic N) is 1. The fourth-order valence-corrected chi connectivity index (χ4v) is 2.46. The molecule has 128 valence electrons. The van der Waals surface area contributed by atoms with E-state index in [1.807, 2.05) is 36.4 Å². The Morgan fingerprint density at radius 2 is 1.88 bits per heavy atom. The summed E-state index contributed by atoms with van der Waals surface area (Å²) in [5, 5.41) is 2.89. The standard InChI is InChI=1S/C19H24N2O3/c1-21(17(14-23-2)12-15-8-5-4-6-9-15)19(22)20-16-10-7-11-18(13-16)24-3/h4-11,13,17H,12,14H2,1-3H3,(H,20,22)/t17-/m1/s1. The van der Waals surface area contributed by atoms with Crippen molar-refractivity contribution in [1.82, 2.24) is 4.90 Å². The number of rotatable bonds is 7. The number of nitrogens with one attached hydrogen (secondary N) is 1. The zero-order valence-corrected chi connectivity index (χ0v) is 14.4. The summed E-state index contributed by atoms with van der Waals surface area (Å²) in [4.78, 5) is 14.2. The molecule has 0 aliphatic rings. The molecule has 0 fully saturated rings. The van der Waals surface area contributed by atoms with Crippen molar-refractivity contribution in [2.24, 2.45) is 0 Å². The minimum atomic E-state index is -0.179. The van der Waals surface area contributed by atoms with Crippen LogP contribution in [0.4, 0.5) is 10.5 Å². The summed E-state index contributed by atoms with van der Waals surface area (Å²) in [7, 11) is 5.02. The van der Waals surface area contributed by atoms with Crippen molar-refractivity contribution in [3.63, 3.8) is 0 Å². The van der Waals surface area contributed by atoms with Crippen LogP contribution in [-0.2, 0) is 11.2 Å². The largest absolute Gasteiger partial charge is 0.497 e. The Bertz CT molecular complexity index is 646. The zero-order chi connectivity index (χ0) is 17.4. The van der Waals surface area contributed by atoms with Crippen LogP contribution in [0.5, 0.6) is 5.75 Å². The van der Waals surface area contributed by atoms with Gasteiger partial charge < -0.3 is 19.7 Å². The fourth-order valence-electron chi connectivity index (χ4n) is 2.46. The number of carbonyl (C=O) groups excluding carboxylic acids is 1. The summed E-state index contributed by atoms with van der Waals surface area (Å²) < 4.78 is 10.5. The van der Waals surface area contributed by atoms with Crippen LogP contribution in [0.2, 0.25) is 0 Å². The molecule has 2 rings (SSSR count). The molecule has 0 aromatic heterocycles. The van der Waals surface area contributed by atoms with Gasteiger partial charge in [-0.15, -0.1) is 0 Å². The summed E-state index contributed by atoms with van der Waals surface area (Å²) in [6.45, 7) is 0.469. The van der Waals surface area contributed by atoms with E-state index in [0.29, 0.717) is 18.0 Å². The summed E-state index contributed by atoms with van der Waals surface area (Å²) in [6.07, 6.45) is 0.733. The number of urea groups is 1. The highest BCUT2D eigenvalue weighted by atomic mass is 16.5. The van der Waals surface area contributed by atoms with E-state index in [4.69, 9.17) is 9.47 Å². The van der Waals surface area contributed by atoms with E-state index in [2.05, 4.69) is 17.4 Å². The van der Waals surface area contributed by atoms with E-state index in [1.165, 1.54) is 5.56 Å². The summed E-state index contributed by atoms with van der Waals surface area (Å²) in [6, 6.07) is 17.1. The van der Waals surface area contributed by atoms with Crippen LogP contribution < -0.4 is 10.1 Å². The van der Waals surface area contributed by atoms with Crippen LogP contribution in [-0.4, -0.2) is 44.8 Å². The van der Waals surface area contributed by atoms with Crippen molar-refractivity contribution in [3.8, 4) is 5.75 Å². The maximum absolute atomic E-state index is 12.5. The van der Waals surface area contributed by atoms with Gasteiger partial charge in [0.25, 0.3) is 0 Å². The Hall–Kier alpha value is -2.53. The van der Waals surface area contributed by atoms with Crippen molar-refractivity contribution in [2.45, 2.75) is 12.5 Å². The highest BCUT2D eigenvalue weighted by molar-refractivity contribution is 5.89. The summed E-state index contributed by atoms with van der Waals surface area (Å²) >= 11 is 0. The van der Waals surface area contributed by atoms with Gasteiger partial charge in [0.05, 0.1) is 19.8 Å². The fraction of sp³-hybridized carbons (Fsp3) is 0.316. The molecule has 1 N–H and O–H groups in total. The van der Waals surface area contributed by atoms with E-state index < -0.39 is 0 Å². The Labute approximate surface area is 143 Å². The Morgan fingerprint density at radius 3 is 2.54 bits per heavy atom. The molecule has 24 heavy (non-hydrogen) atoms. The quantitative estimate of drug-likeness (QED) is 0.847. The van der Waals surface area contributed by atoms with Crippen molar-refractivity contribution < 1.29 is 14.3 Å². The minimum absolute atomic E-state index is 0.0528. The lowest BCUT2D eigenvalue weighted by atomic mass is 10.1. The van der Waals surface area contributed by atoms with Crippen LogP contribution in [0.25, 0.3) is 0 Å². The second-order valence-corrected chi connectivity index (χ2v) is 5.57. The van der Waals surface area contributed by atoms with Crippen LogP contribution in [0, 0.1) is 0 Å². The van der Waals surface area contributed by atoms with Crippen molar-refractivity contribution in [1.29, 1.82) is 0 Å². The van der Waals surface area contributed by atoms with Crippen LogP contribution in [0.1, 0.15) is 5.56 Å². The third kappa shape index (κ3) is 4.99. The highest BCUT2D eigenvalue weighted by Crippen LogP contribution is 2.17. The van der Waals surface area contributed by atoms with Crippen molar-refractivity contribution >= 4 is 11.7 Å². The van der Waals surface area contributed by atoms with Crippen LogP contribution >= 0.6 is 0 Å². The van der Waals surface area contributed by atoms with Gasteiger partial charge in [-0.05, 0) is 24.1 Å². The molecule has 0 bridgehead atoms. The molecule has 0 radical (unpaired) electrons. The Balaban J connectivity index is 2.04. The SMILES string of the molecule is COC[C@@H](Cc1ccccc1)N(C)C(=O)Nc1cccc(OC)c1. The van der Waals surface area contributed by atoms with Gasteiger partial charge >= 0.3 is 6.03 Å². The number of methoxy groups -OCH3 is 2. The summed E-state index contributed by atoms with van der Waals surface area (Å²) in [5.41, 5.74) is 1.86. The molecule has 0 aliphatic heterocycles. The second kappa shape index (κ2) is 8.93. The lowest BCUT2D eigenvalue weighted by molar-refractivity contribution is 0.120. The van der Waals surface area contributed by atoms with Gasteiger partial charge in [0.15, 0.2) is 0 Å². The molecule has 2 aromatic rings. The predicted molar refractivity (Wildman–Crippen MR) is 95.6 cm³/mol. The van der Waals surface area contributed by atoms with Gasteiger partial charge in [0.2, 0.25) is 0 Å². The molecule has 2 aromatic carbocycles. The molecular formula is C19H24N2O3. The second-order valence-electron chi connectivity index (χ2n) is 5.57. The number of hydrogen-bond acceptors (Lipinski definition) is 3. The third-order valence-corrected chi connectivity index (χ3v) is 3.86. The number of carbonyl (C=O) groups is 1. The first-order valence-corrected chi connectivity index (χ1v) is 7.84. The molecule has 0 saturated carbocycles. The van der Waals surface area contributed by atoms with E-state index >= 15 is 0 Å². The number of benzene rings is 2. The Morgan fingerprint density at radius 1 is 1.12 bits per heavy atom.